The van der Waals surface area contributed by atoms with Crippen LogP contribution < -0.4 is 15.4 Å². The molecule has 15 heteroatoms. The fourth-order valence-corrected chi connectivity index (χ4v) is 6.39. The Bertz CT molecular complexity index is 1450. The molecule has 3 N–H and O–H groups in total. The molecule has 4 heterocycles. The van der Waals surface area contributed by atoms with E-state index in [0.717, 1.165) is 12.8 Å². The van der Waals surface area contributed by atoms with Crippen LogP contribution in [0.5, 0.6) is 0 Å². The van der Waals surface area contributed by atoms with Gasteiger partial charge in [-0.05, 0) is 39.7 Å². The highest BCUT2D eigenvalue weighted by Crippen LogP contribution is 2.38. The van der Waals surface area contributed by atoms with Gasteiger partial charge in [0.25, 0.3) is 6.43 Å². The third-order valence-electron chi connectivity index (χ3n) is 6.18. The van der Waals surface area contributed by atoms with Crippen molar-refractivity contribution < 1.29 is 26.7 Å². The molecule has 0 unspecified atom stereocenters. The van der Waals surface area contributed by atoms with Crippen molar-refractivity contribution in [1.82, 2.24) is 24.3 Å². The number of primary amides is 1. The number of carbonyl (C=O) groups is 1. The molecule has 1 amide bonds. The molecular formula is C21H25F2N7O4S2. The Labute approximate surface area is 209 Å². The van der Waals surface area contributed by atoms with Crippen LogP contribution in [0.15, 0.2) is 23.4 Å². The summed E-state index contributed by atoms with van der Waals surface area (Å²) < 4.78 is 63.0. The number of fused-ring (bicyclic) bond motifs is 1. The number of morpholine rings is 1. The smallest absolute Gasteiger partial charge is 0.291 e. The van der Waals surface area contributed by atoms with Crippen molar-refractivity contribution in [2.45, 2.75) is 62.2 Å². The summed E-state index contributed by atoms with van der Waals surface area (Å²) in [5.41, 5.74) is 5.22. The summed E-state index contributed by atoms with van der Waals surface area (Å²) in [7, 11) is -3.95. The fraction of sp³-hybridized carbons (Fsp3) is 0.524. The first-order valence-electron chi connectivity index (χ1n) is 11.2. The minimum Gasteiger partial charge on any atom is -0.367 e. The van der Waals surface area contributed by atoms with Gasteiger partial charge in [0.05, 0.1) is 29.5 Å². The zero-order valence-electron chi connectivity index (χ0n) is 19.7. The maximum Gasteiger partial charge on any atom is 0.291 e. The van der Waals surface area contributed by atoms with Crippen LogP contribution in [0.3, 0.4) is 0 Å². The average Bonchev–Trinajstić information content (AvgIpc) is 3.16. The SMILES string of the molecule is CC1(NS(=O)(=O)c2cc(N3C[C@@H](C(N)=O)OC(C)(C)C3)c3cnc(-c4nnc(C(F)F)s4)n3c2)CC1. The molecule has 0 radical (unpaired) electrons. The molecule has 0 spiro atoms. The van der Waals surface area contributed by atoms with Crippen molar-refractivity contribution in [1.29, 1.82) is 0 Å². The van der Waals surface area contributed by atoms with Crippen molar-refractivity contribution >= 4 is 38.5 Å². The minimum atomic E-state index is -3.95. The number of rotatable bonds is 7. The van der Waals surface area contributed by atoms with E-state index in [2.05, 4.69) is 19.9 Å². The number of hydrogen-bond acceptors (Lipinski definition) is 9. The van der Waals surface area contributed by atoms with Crippen molar-refractivity contribution in [2.75, 3.05) is 18.0 Å². The number of nitrogens with two attached hydrogens (primary N) is 1. The summed E-state index contributed by atoms with van der Waals surface area (Å²) in [6.07, 6.45) is 0.612. The third kappa shape index (κ3) is 4.67. The van der Waals surface area contributed by atoms with E-state index in [9.17, 15) is 22.0 Å². The Morgan fingerprint density at radius 1 is 1.31 bits per heavy atom. The van der Waals surface area contributed by atoms with Gasteiger partial charge in [-0.15, -0.1) is 10.2 Å². The van der Waals surface area contributed by atoms with Crippen LogP contribution in [0.1, 0.15) is 45.0 Å². The van der Waals surface area contributed by atoms with E-state index in [4.69, 9.17) is 10.5 Å². The van der Waals surface area contributed by atoms with Crippen LogP contribution in [-0.4, -0.2) is 64.2 Å². The van der Waals surface area contributed by atoms with E-state index in [1.54, 1.807) is 13.8 Å². The molecule has 0 bridgehead atoms. The zero-order valence-corrected chi connectivity index (χ0v) is 21.4. The Morgan fingerprint density at radius 3 is 2.64 bits per heavy atom. The van der Waals surface area contributed by atoms with E-state index >= 15 is 0 Å². The van der Waals surface area contributed by atoms with E-state index in [-0.39, 0.29) is 22.3 Å². The lowest BCUT2D eigenvalue weighted by Gasteiger charge is -2.43. The summed E-state index contributed by atoms with van der Waals surface area (Å²) >= 11 is 0.677. The first-order valence-corrected chi connectivity index (χ1v) is 13.5. The molecule has 3 aromatic heterocycles. The summed E-state index contributed by atoms with van der Waals surface area (Å²) in [6, 6.07) is 1.51. The van der Waals surface area contributed by atoms with Gasteiger partial charge in [-0.1, -0.05) is 11.3 Å². The molecule has 11 nitrogen and oxygen atoms in total. The van der Waals surface area contributed by atoms with E-state index in [1.165, 1.54) is 22.9 Å². The first-order chi connectivity index (χ1) is 16.8. The molecule has 2 aliphatic rings. The van der Waals surface area contributed by atoms with Gasteiger partial charge in [0.1, 0.15) is 4.90 Å². The summed E-state index contributed by atoms with van der Waals surface area (Å²) in [5.74, 6) is -0.470. The molecule has 1 atom stereocenters. The molecule has 1 saturated carbocycles. The number of nitrogens with zero attached hydrogens (tertiary/aromatic N) is 5. The van der Waals surface area contributed by atoms with E-state index in [1.807, 2.05) is 11.8 Å². The second kappa shape index (κ2) is 8.39. The highest BCUT2D eigenvalue weighted by molar-refractivity contribution is 7.89. The molecule has 0 aromatic carbocycles. The second-order valence-corrected chi connectivity index (χ2v) is 12.7. The monoisotopic (exact) mass is 541 g/mol. The fourth-order valence-electron chi connectivity index (χ4n) is 4.21. The molecule has 1 saturated heterocycles. The quantitative estimate of drug-likeness (QED) is 0.463. The molecule has 36 heavy (non-hydrogen) atoms. The molecule has 5 rings (SSSR count). The van der Waals surface area contributed by atoms with Gasteiger partial charge < -0.3 is 15.4 Å². The number of imidazole rings is 1. The van der Waals surface area contributed by atoms with Crippen LogP contribution in [0, 0.1) is 0 Å². The number of alkyl halides is 2. The zero-order chi connectivity index (χ0) is 26.0. The van der Waals surface area contributed by atoms with Crippen LogP contribution in [0.25, 0.3) is 16.3 Å². The number of aromatic nitrogens is 4. The summed E-state index contributed by atoms with van der Waals surface area (Å²) in [6.45, 7) is 5.85. The van der Waals surface area contributed by atoms with Crippen molar-refractivity contribution in [3.63, 3.8) is 0 Å². The van der Waals surface area contributed by atoms with Gasteiger partial charge in [0.2, 0.25) is 15.9 Å². The number of halogens is 2. The average molecular weight is 542 g/mol. The lowest BCUT2D eigenvalue weighted by molar-refractivity contribution is -0.143. The highest BCUT2D eigenvalue weighted by atomic mass is 32.2. The number of anilines is 1. The minimum absolute atomic E-state index is 0.0455. The Morgan fingerprint density at radius 2 is 2.03 bits per heavy atom. The van der Waals surface area contributed by atoms with Gasteiger partial charge in [-0.25, -0.2) is 26.9 Å². The van der Waals surface area contributed by atoms with E-state index < -0.39 is 44.6 Å². The van der Waals surface area contributed by atoms with Crippen LogP contribution in [-0.2, 0) is 19.6 Å². The first kappa shape index (κ1) is 24.9. The summed E-state index contributed by atoms with van der Waals surface area (Å²) in [5, 5.41) is 7.01. The third-order valence-corrected chi connectivity index (χ3v) is 8.71. The van der Waals surface area contributed by atoms with Crippen molar-refractivity contribution in [3.8, 4) is 10.8 Å². The normalized spacial score (nSPS) is 21.3. The number of nitrogens with one attached hydrogen (secondary N) is 1. The maximum absolute atomic E-state index is 13.3. The Hall–Kier alpha value is -2.75. The molecule has 1 aliphatic carbocycles. The number of hydrogen-bond donors (Lipinski definition) is 2. The second-order valence-electron chi connectivity index (χ2n) is 9.96. The summed E-state index contributed by atoms with van der Waals surface area (Å²) in [4.78, 5) is 18.1. The predicted molar refractivity (Wildman–Crippen MR) is 127 cm³/mol. The molecule has 1 aliphatic heterocycles. The highest BCUT2D eigenvalue weighted by Gasteiger charge is 2.42. The molecule has 194 valence electrons. The van der Waals surface area contributed by atoms with Gasteiger partial charge in [0, 0.05) is 18.3 Å². The van der Waals surface area contributed by atoms with Gasteiger partial charge >= 0.3 is 0 Å². The number of pyridine rings is 1. The molecule has 2 fully saturated rings. The van der Waals surface area contributed by atoms with Crippen molar-refractivity contribution in [2.24, 2.45) is 5.73 Å². The standard InChI is InChI=1S/C21H25F2N7O4S2/c1-20(2)10-29(9-14(34-20)16(24)31)12-6-11(36(32,33)28-21(3)4-5-21)8-30-13(12)7-25-17(30)19-27-26-18(35-19)15(22)23/h6-8,14-15,28H,4-5,9-10H2,1-3H3,(H2,24,31)/t14-/m0/s1. The molecular weight excluding hydrogens is 516 g/mol. The maximum atomic E-state index is 13.3. The topological polar surface area (TPSA) is 145 Å². The number of amides is 1. The predicted octanol–water partition coefficient (Wildman–Crippen LogP) is 2.09. The van der Waals surface area contributed by atoms with E-state index in [0.29, 0.717) is 29.1 Å². The Kier molecular flexibility index (Phi) is 5.81. The number of ether oxygens (including phenoxy) is 1. The van der Waals surface area contributed by atoms with Gasteiger partial charge in [-0.3, -0.25) is 9.20 Å². The van der Waals surface area contributed by atoms with Crippen molar-refractivity contribution in [3.05, 3.63) is 23.5 Å². The Balaban J connectivity index is 1.68. The van der Waals surface area contributed by atoms with Gasteiger partial charge in [-0.2, -0.15) is 0 Å². The van der Waals surface area contributed by atoms with Crippen LogP contribution >= 0.6 is 11.3 Å². The lowest BCUT2D eigenvalue weighted by atomic mass is 10.0. The van der Waals surface area contributed by atoms with Crippen LogP contribution in [0.4, 0.5) is 14.5 Å². The molecule has 3 aromatic rings. The number of carbonyl (C=O) groups excluding carboxylic acids is 1. The van der Waals surface area contributed by atoms with Gasteiger partial charge in [0.15, 0.2) is 21.9 Å². The lowest BCUT2D eigenvalue weighted by Crippen LogP contribution is -2.56. The largest absolute Gasteiger partial charge is 0.367 e. The van der Waals surface area contributed by atoms with Crippen LogP contribution in [0.2, 0.25) is 0 Å². The number of sulfonamides is 1.